The van der Waals surface area contributed by atoms with E-state index in [0.29, 0.717) is 6.54 Å². The van der Waals surface area contributed by atoms with Gasteiger partial charge in [-0.15, -0.1) is 11.3 Å². The number of carbonyl (C=O) groups excluding carboxylic acids is 1. The normalized spacial score (nSPS) is 15.7. The molecule has 4 rings (SSSR count). The number of aromatic nitrogens is 1. The summed E-state index contributed by atoms with van der Waals surface area (Å²) < 4.78 is 7.00. The molecule has 6 heteroatoms. The highest BCUT2D eigenvalue weighted by Crippen LogP contribution is 2.31. The van der Waals surface area contributed by atoms with Crippen LogP contribution in [-0.4, -0.2) is 24.0 Å². The Morgan fingerprint density at radius 2 is 2.08 bits per heavy atom. The summed E-state index contributed by atoms with van der Waals surface area (Å²) in [5.41, 5.74) is 0.981. The van der Waals surface area contributed by atoms with Crippen molar-refractivity contribution in [2.45, 2.75) is 19.4 Å². The molecule has 0 unspecified atom stereocenters. The van der Waals surface area contributed by atoms with E-state index in [1.807, 2.05) is 30.3 Å². The van der Waals surface area contributed by atoms with Gasteiger partial charge in [0.2, 0.25) is 5.91 Å². The molecule has 0 radical (unpaired) electrons. The molecule has 2 aromatic heterocycles. The zero-order valence-electron chi connectivity index (χ0n) is 13.2. The fourth-order valence-corrected chi connectivity index (χ4v) is 3.90. The maximum absolute atomic E-state index is 12.2. The zero-order chi connectivity index (χ0) is 16.4. The van der Waals surface area contributed by atoms with E-state index in [0.717, 1.165) is 52.7 Å². The molecule has 1 aliphatic rings. The summed E-state index contributed by atoms with van der Waals surface area (Å²) in [6.07, 6.45) is 1.81. The van der Waals surface area contributed by atoms with Crippen molar-refractivity contribution in [1.29, 1.82) is 0 Å². The highest BCUT2D eigenvalue weighted by atomic mass is 32.1. The Balaban J connectivity index is 1.42. The summed E-state index contributed by atoms with van der Waals surface area (Å²) in [4.78, 5) is 16.8. The molecular formula is C18H19N3O2S. The van der Waals surface area contributed by atoms with Crippen molar-refractivity contribution in [2.75, 3.05) is 13.1 Å². The van der Waals surface area contributed by atoms with E-state index in [4.69, 9.17) is 4.42 Å². The molecule has 3 aromatic rings. The lowest BCUT2D eigenvalue weighted by atomic mass is 9.97. The predicted molar refractivity (Wildman–Crippen MR) is 94.8 cm³/mol. The molecule has 0 aliphatic carbocycles. The zero-order valence-corrected chi connectivity index (χ0v) is 14.1. The first kappa shape index (κ1) is 15.4. The summed E-state index contributed by atoms with van der Waals surface area (Å²) in [5, 5.41) is 7.12. The number of thiazole rings is 1. The highest BCUT2D eigenvalue weighted by Gasteiger charge is 2.20. The third-order valence-electron chi connectivity index (χ3n) is 4.31. The number of amides is 1. The minimum atomic E-state index is 0.116. The molecule has 0 atom stereocenters. The van der Waals surface area contributed by atoms with Gasteiger partial charge < -0.3 is 15.1 Å². The van der Waals surface area contributed by atoms with Gasteiger partial charge in [0.05, 0.1) is 16.8 Å². The van der Waals surface area contributed by atoms with Crippen molar-refractivity contribution in [1.82, 2.24) is 15.6 Å². The number of benzene rings is 1. The fraction of sp³-hybridized carbons (Fsp3) is 0.333. The molecule has 124 valence electrons. The van der Waals surface area contributed by atoms with Crippen LogP contribution in [0.15, 0.2) is 40.8 Å². The number of furan rings is 1. The van der Waals surface area contributed by atoms with Crippen LogP contribution in [0.1, 0.15) is 18.6 Å². The number of piperidine rings is 1. The summed E-state index contributed by atoms with van der Waals surface area (Å²) in [6.45, 7) is 2.26. The molecule has 2 N–H and O–H groups in total. The van der Waals surface area contributed by atoms with Crippen molar-refractivity contribution in [3.8, 4) is 10.8 Å². The van der Waals surface area contributed by atoms with Crippen LogP contribution in [0.5, 0.6) is 0 Å². The van der Waals surface area contributed by atoms with E-state index in [9.17, 15) is 4.79 Å². The van der Waals surface area contributed by atoms with Gasteiger partial charge in [0.15, 0.2) is 10.8 Å². The molecule has 3 heterocycles. The van der Waals surface area contributed by atoms with Crippen molar-refractivity contribution in [3.05, 3.63) is 42.2 Å². The van der Waals surface area contributed by atoms with E-state index in [1.54, 1.807) is 11.3 Å². The second kappa shape index (κ2) is 6.75. The molecule has 1 saturated heterocycles. The number of para-hydroxylation sites is 1. The van der Waals surface area contributed by atoms with E-state index in [-0.39, 0.29) is 11.8 Å². The fourth-order valence-electron chi connectivity index (χ4n) is 2.97. The summed E-state index contributed by atoms with van der Waals surface area (Å²) in [7, 11) is 0. The van der Waals surface area contributed by atoms with E-state index >= 15 is 0 Å². The highest BCUT2D eigenvalue weighted by molar-refractivity contribution is 7.21. The van der Waals surface area contributed by atoms with E-state index in [2.05, 4.69) is 21.7 Å². The van der Waals surface area contributed by atoms with Crippen LogP contribution < -0.4 is 10.6 Å². The monoisotopic (exact) mass is 341 g/mol. The number of hydrogen-bond donors (Lipinski definition) is 2. The average molecular weight is 341 g/mol. The second-order valence-corrected chi connectivity index (χ2v) is 7.03. The van der Waals surface area contributed by atoms with Gasteiger partial charge in [-0.2, -0.15) is 0 Å². The van der Waals surface area contributed by atoms with Gasteiger partial charge in [-0.3, -0.25) is 4.79 Å². The maximum Gasteiger partial charge on any atom is 0.223 e. The molecular weight excluding hydrogens is 322 g/mol. The van der Waals surface area contributed by atoms with Crippen LogP contribution in [0.3, 0.4) is 0 Å². The van der Waals surface area contributed by atoms with Gasteiger partial charge in [-0.1, -0.05) is 12.1 Å². The lowest BCUT2D eigenvalue weighted by molar-refractivity contribution is -0.126. The molecule has 1 aliphatic heterocycles. The Hall–Kier alpha value is -2.18. The average Bonchev–Trinajstić information content (AvgIpc) is 3.27. The Labute approximate surface area is 144 Å². The van der Waals surface area contributed by atoms with Gasteiger partial charge in [0.1, 0.15) is 5.76 Å². The minimum absolute atomic E-state index is 0.116. The summed E-state index contributed by atoms with van der Waals surface area (Å²) >= 11 is 1.61. The minimum Gasteiger partial charge on any atom is -0.457 e. The van der Waals surface area contributed by atoms with Crippen molar-refractivity contribution in [3.63, 3.8) is 0 Å². The first-order chi connectivity index (χ1) is 11.8. The van der Waals surface area contributed by atoms with Crippen molar-refractivity contribution < 1.29 is 9.21 Å². The van der Waals surface area contributed by atoms with Crippen LogP contribution in [-0.2, 0) is 11.3 Å². The van der Waals surface area contributed by atoms with Crippen LogP contribution >= 0.6 is 11.3 Å². The van der Waals surface area contributed by atoms with Crippen LogP contribution in [0, 0.1) is 5.92 Å². The molecule has 5 nitrogen and oxygen atoms in total. The second-order valence-electron chi connectivity index (χ2n) is 5.99. The number of rotatable bonds is 4. The van der Waals surface area contributed by atoms with Gasteiger partial charge in [0, 0.05) is 5.92 Å². The predicted octanol–water partition coefficient (Wildman–Crippen LogP) is 3.17. The summed E-state index contributed by atoms with van der Waals surface area (Å²) in [6, 6.07) is 11.9. The van der Waals surface area contributed by atoms with E-state index in [1.165, 1.54) is 0 Å². The molecule has 0 spiro atoms. The topological polar surface area (TPSA) is 67.2 Å². The standard InChI is InChI=1S/C18H19N3O2S/c22-17(12-7-9-19-10-8-12)20-11-13-5-6-15(23-13)18-21-14-3-1-2-4-16(14)24-18/h1-6,12,19H,7-11H2,(H,20,22). The molecule has 1 amide bonds. The molecule has 24 heavy (non-hydrogen) atoms. The first-order valence-corrected chi connectivity index (χ1v) is 9.04. The van der Waals surface area contributed by atoms with Crippen LogP contribution in [0.2, 0.25) is 0 Å². The van der Waals surface area contributed by atoms with Gasteiger partial charge in [-0.25, -0.2) is 4.98 Å². The lowest BCUT2D eigenvalue weighted by Gasteiger charge is -2.21. The molecule has 1 aromatic carbocycles. The Morgan fingerprint density at radius 3 is 2.92 bits per heavy atom. The third-order valence-corrected chi connectivity index (χ3v) is 5.36. The number of fused-ring (bicyclic) bond motifs is 1. The lowest BCUT2D eigenvalue weighted by Crippen LogP contribution is -2.37. The van der Waals surface area contributed by atoms with Gasteiger partial charge >= 0.3 is 0 Å². The van der Waals surface area contributed by atoms with Crippen molar-refractivity contribution >= 4 is 27.5 Å². The smallest absolute Gasteiger partial charge is 0.223 e. The maximum atomic E-state index is 12.2. The molecule has 1 fully saturated rings. The van der Waals surface area contributed by atoms with Crippen LogP contribution in [0.4, 0.5) is 0 Å². The first-order valence-electron chi connectivity index (χ1n) is 8.23. The molecule has 0 bridgehead atoms. The van der Waals surface area contributed by atoms with Gasteiger partial charge in [0.25, 0.3) is 0 Å². The number of carbonyl (C=O) groups is 1. The number of hydrogen-bond acceptors (Lipinski definition) is 5. The number of nitrogens with zero attached hydrogens (tertiary/aromatic N) is 1. The third kappa shape index (κ3) is 3.20. The van der Waals surface area contributed by atoms with Crippen LogP contribution in [0.25, 0.3) is 21.0 Å². The summed E-state index contributed by atoms with van der Waals surface area (Å²) in [5.74, 6) is 1.74. The molecule has 0 saturated carbocycles. The van der Waals surface area contributed by atoms with E-state index < -0.39 is 0 Å². The van der Waals surface area contributed by atoms with Gasteiger partial charge in [-0.05, 0) is 50.2 Å². The number of nitrogens with one attached hydrogen (secondary N) is 2. The Kier molecular flexibility index (Phi) is 4.32. The quantitative estimate of drug-likeness (QED) is 0.765. The Morgan fingerprint density at radius 1 is 1.25 bits per heavy atom. The Bertz CT molecular complexity index is 816. The largest absolute Gasteiger partial charge is 0.457 e. The SMILES string of the molecule is O=C(NCc1ccc(-c2nc3ccccc3s2)o1)C1CCNCC1. The van der Waals surface area contributed by atoms with Crippen molar-refractivity contribution in [2.24, 2.45) is 5.92 Å².